The van der Waals surface area contributed by atoms with E-state index in [1.807, 2.05) is 26.1 Å². The summed E-state index contributed by atoms with van der Waals surface area (Å²) in [6.45, 7) is 1.95. The summed E-state index contributed by atoms with van der Waals surface area (Å²) in [6, 6.07) is 0. The van der Waals surface area contributed by atoms with Crippen LogP contribution in [0, 0.1) is 0 Å². The summed E-state index contributed by atoms with van der Waals surface area (Å²) in [4.78, 5) is 0. The van der Waals surface area contributed by atoms with Gasteiger partial charge < -0.3 is 11.1 Å². The van der Waals surface area contributed by atoms with Gasteiger partial charge in [0.1, 0.15) is 0 Å². The van der Waals surface area contributed by atoms with Crippen LogP contribution in [0.5, 0.6) is 0 Å². The van der Waals surface area contributed by atoms with Crippen molar-refractivity contribution in [2.75, 3.05) is 11.5 Å². The highest BCUT2D eigenvalue weighted by Crippen LogP contribution is 1.94. The summed E-state index contributed by atoms with van der Waals surface area (Å²) < 4.78 is 0.995. The van der Waals surface area contributed by atoms with Crippen LogP contribution in [0.4, 0.5) is 0 Å². The average molecular weight is 252 g/mol. The molecule has 10 heavy (non-hydrogen) atoms. The highest BCUT2D eigenvalue weighted by atomic mass is 127. The Morgan fingerprint density at radius 2 is 2.30 bits per heavy atom. The van der Waals surface area contributed by atoms with Crippen LogP contribution in [0.3, 0.4) is 0 Å². The number of rotatable bonds is 3. The van der Waals surface area contributed by atoms with Crippen molar-refractivity contribution >= 4 is 22.6 Å². The largest absolute Gasteiger partial charge is 0.397 e. The van der Waals surface area contributed by atoms with Crippen LogP contribution in [0.1, 0.15) is 6.92 Å². The van der Waals surface area contributed by atoms with Crippen molar-refractivity contribution in [3.05, 3.63) is 23.5 Å². The van der Waals surface area contributed by atoms with E-state index in [2.05, 4.69) is 27.9 Å². The van der Waals surface area contributed by atoms with Gasteiger partial charge in [-0.2, -0.15) is 0 Å². The Morgan fingerprint density at radius 1 is 1.70 bits per heavy atom. The normalized spacial score (nSPS) is 13.5. The highest BCUT2D eigenvalue weighted by molar-refractivity contribution is 14.1. The standard InChI is InChI=1S/C7H13IN2/c1-6(10-2)7(9)4-3-5-8/h3-4,10H,5,9H2,1-2H3/b4-3-,7-6+. The van der Waals surface area contributed by atoms with Gasteiger partial charge in [0.05, 0.1) is 5.70 Å². The molecule has 0 spiro atoms. The zero-order valence-electron chi connectivity index (χ0n) is 6.32. The molecule has 0 radical (unpaired) electrons. The molecule has 0 saturated carbocycles. The Kier molecular flexibility index (Phi) is 5.48. The maximum atomic E-state index is 5.64. The second-order valence-electron chi connectivity index (χ2n) is 1.89. The monoisotopic (exact) mass is 252 g/mol. The molecule has 2 nitrogen and oxygen atoms in total. The van der Waals surface area contributed by atoms with Crippen LogP contribution >= 0.6 is 22.6 Å². The van der Waals surface area contributed by atoms with Crippen LogP contribution in [0.15, 0.2) is 23.5 Å². The van der Waals surface area contributed by atoms with E-state index in [0.717, 1.165) is 15.8 Å². The number of allylic oxidation sites excluding steroid dienone is 3. The van der Waals surface area contributed by atoms with Gasteiger partial charge in [0.15, 0.2) is 0 Å². The Hall–Kier alpha value is -0.190. The third-order valence-corrected chi connectivity index (χ3v) is 1.70. The van der Waals surface area contributed by atoms with Gasteiger partial charge in [0, 0.05) is 17.2 Å². The molecule has 0 atom stereocenters. The summed E-state index contributed by atoms with van der Waals surface area (Å²) >= 11 is 2.27. The molecule has 0 bridgehead atoms. The van der Waals surface area contributed by atoms with Crippen LogP contribution in [-0.4, -0.2) is 11.5 Å². The maximum Gasteiger partial charge on any atom is 0.0500 e. The fraction of sp³-hybridized carbons (Fsp3) is 0.429. The average Bonchev–Trinajstić information content (AvgIpc) is 1.98. The molecule has 0 amide bonds. The number of hydrogen-bond acceptors (Lipinski definition) is 2. The molecule has 0 unspecified atom stereocenters. The summed E-state index contributed by atoms with van der Waals surface area (Å²) in [5.41, 5.74) is 7.46. The molecule has 0 aliphatic carbocycles. The van der Waals surface area contributed by atoms with E-state index in [-0.39, 0.29) is 0 Å². The molecule has 0 fully saturated rings. The minimum absolute atomic E-state index is 0.805. The van der Waals surface area contributed by atoms with Crippen molar-refractivity contribution in [1.29, 1.82) is 0 Å². The lowest BCUT2D eigenvalue weighted by atomic mass is 10.3. The summed E-state index contributed by atoms with van der Waals surface area (Å²) in [7, 11) is 1.86. The van der Waals surface area contributed by atoms with Gasteiger partial charge in [0.25, 0.3) is 0 Å². The molecule has 0 aliphatic heterocycles. The minimum Gasteiger partial charge on any atom is -0.397 e. The van der Waals surface area contributed by atoms with Gasteiger partial charge in [-0.3, -0.25) is 0 Å². The van der Waals surface area contributed by atoms with Gasteiger partial charge in [-0.1, -0.05) is 28.7 Å². The number of nitrogens with two attached hydrogens (primary N) is 1. The predicted octanol–water partition coefficient (Wildman–Crippen LogP) is 1.39. The minimum atomic E-state index is 0.805. The van der Waals surface area contributed by atoms with Gasteiger partial charge in [-0.25, -0.2) is 0 Å². The molecule has 0 rings (SSSR count). The van der Waals surface area contributed by atoms with E-state index in [0.29, 0.717) is 0 Å². The predicted molar refractivity (Wildman–Crippen MR) is 54.0 cm³/mol. The van der Waals surface area contributed by atoms with Gasteiger partial charge in [-0.15, -0.1) is 0 Å². The van der Waals surface area contributed by atoms with Crippen LogP contribution in [0.2, 0.25) is 0 Å². The van der Waals surface area contributed by atoms with Crippen molar-refractivity contribution in [2.45, 2.75) is 6.92 Å². The van der Waals surface area contributed by atoms with E-state index in [1.54, 1.807) is 0 Å². The zero-order valence-corrected chi connectivity index (χ0v) is 8.47. The lowest BCUT2D eigenvalue weighted by Gasteiger charge is -2.00. The molecule has 58 valence electrons. The van der Waals surface area contributed by atoms with E-state index in [9.17, 15) is 0 Å². The number of nitrogens with one attached hydrogen (secondary N) is 1. The fourth-order valence-electron chi connectivity index (χ4n) is 0.441. The number of halogens is 1. The van der Waals surface area contributed by atoms with Crippen molar-refractivity contribution in [3.8, 4) is 0 Å². The zero-order chi connectivity index (χ0) is 7.98. The third kappa shape index (κ3) is 3.76. The van der Waals surface area contributed by atoms with E-state index < -0.39 is 0 Å². The first-order chi connectivity index (χ1) is 4.72. The molecule has 0 aromatic heterocycles. The van der Waals surface area contributed by atoms with Crippen LogP contribution in [0.25, 0.3) is 0 Å². The molecule has 3 heteroatoms. The van der Waals surface area contributed by atoms with E-state index in [1.165, 1.54) is 0 Å². The van der Waals surface area contributed by atoms with Crippen LogP contribution < -0.4 is 11.1 Å². The topological polar surface area (TPSA) is 38.0 Å². The van der Waals surface area contributed by atoms with E-state index >= 15 is 0 Å². The Bertz CT molecular complexity index is 150. The van der Waals surface area contributed by atoms with E-state index in [4.69, 9.17) is 5.73 Å². The first-order valence-electron chi connectivity index (χ1n) is 3.09. The quantitative estimate of drug-likeness (QED) is 0.452. The van der Waals surface area contributed by atoms with Gasteiger partial charge in [0.2, 0.25) is 0 Å². The van der Waals surface area contributed by atoms with Crippen molar-refractivity contribution in [2.24, 2.45) is 5.73 Å². The molecule has 3 N–H and O–H groups in total. The smallest absolute Gasteiger partial charge is 0.0500 e. The summed E-state index contributed by atoms with van der Waals surface area (Å²) in [6.07, 6.45) is 3.94. The molecule has 0 heterocycles. The van der Waals surface area contributed by atoms with Gasteiger partial charge in [-0.05, 0) is 13.0 Å². The summed E-state index contributed by atoms with van der Waals surface area (Å²) in [5, 5.41) is 2.97. The second-order valence-corrected chi connectivity index (χ2v) is 2.77. The van der Waals surface area contributed by atoms with Crippen molar-refractivity contribution < 1.29 is 0 Å². The molecular weight excluding hydrogens is 239 g/mol. The van der Waals surface area contributed by atoms with Gasteiger partial charge >= 0.3 is 0 Å². The maximum absolute atomic E-state index is 5.64. The first-order valence-corrected chi connectivity index (χ1v) is 4.61. The molecule has 0 aromatic carbocycles. The molecule has 0 aliphatic rings. The second kappa shape index (κ2) is 5.58. The van der Waals surface area contributed by atoms with Crippen molar-refractivity contribution in [1.82, 2.24) is 5.32 Å². The highest BCUT2D eigenvalue weighted by Gasteiger charge is 1.87. The Labute approximate surface area is 75.7 Å². The number of alkyl halides is 1. The SMILES string of the molecule is CN/C(C)=C(N)\C=C/CI. The Morgan fingerprint density at radius 3 is 2.70 bits per heavy atom. The van der Waals surface area contributed by atoms with Crippen LogP contribution in [-0.2, 0) is 0 Å². The van der Waals surface area contributed by atoms with Crippen molar-refractivity contribution in [3.63, 3.8) is 0 Å². The lowest BCUT2D eigenvalue weighted by Crippen LogP contribution is -2.09. The molecule has 0 aromatic rings. The lowest BCUT2D eigenvalue weighted by molar-refractivity contribution is 0.962. The summed E-state index contributed by atoms with van der Waals surface area (Å²) in [5.74, 6) is 0. The molecular formula is C7H13IN2. The first kappa shape index (κ1) is 9.81. The molecule has 0 saturated heterocycles. The fourth-order valence-corrected chi connectivity index (χ4v) is 0.695. The number of hydrogen-bond donors (Lipinski definition) is 2. The third-order valence-electron chi connectivity index (χ3n) is 1.19. The Balaban J connectivity index is 4.04.